The number of nitrogens with one attached hydrogen (secondary N) is 1. The van der Waals surface area contributed by atoms with E-state index in [1.807, 2.05) is 7.05 Å². The van der Waals surface area contributed by atoms with Gasteiger partial charge in [0.2, 0.25) is 10.0 Å². The third-order valence-electron chi connectivity index (χ3n) is 3.59. The summed E-state index contributed by atoms with van der Waals surface area (Å²) in [4.78, 5) is 0.342. The van der Waals surface area contributed by atoms with Gasteiger partial charge in [0, 0.05) is 24.7 Å². The highest BCUT2D eigenvalue weighted by molar-refractivity contribution is 7.89. The van der Waals surface area contributed by atoms with Crippen molar-refractivity contribution in [1.29, 1.82) is 0 Å². The van der Waals surface area contributed by atoms with Crippen LogP contribution in [0.2, 0.25) is 5.02 Å². The van der Waals surface area contributed by atoms with Crippen LogP contribution >= 0.6 is 11.6 Å². The topological polar surface area (TPSA) is 49.4 Å². The van der Waals surface area contributed by atoms with Gasteiger partial charge >= 0.3 is 0 Å². The summed E-state index contributed by atoms with van der Waals surface area (Å²) in [5.74, 6) is 0. The molecule has 0 atom stereocenters. The summed E-state index contributed by atoms with van der Waals surface area (Å²) < 4.78 is 26.9. The largest absolute Gasteiger partial charge is 0.316 e. The van der Waals surface area contributed by atoms with Crippen LogP contribution in [-0.2, 0) is 16.6 Å². The molecule has 0 unspecified atom stereocenters. The van der Waals surface area contributed by atoms with E-state index in [0.717, 1.165) is 31.2 Å². The Balaban J connectivity index is 2.30. The summed E-state index contributed by atoms with van der Waals surface area (Å²) in [6.07, 6.45) is 4.10. The SMILES string of the molecule is CNCc1cc(S(=O)(=O)N2CCCCCC2)ccc1Cl. The molecular formula is C14H21ClN2O2S. The fraction of sp³-hybridized carbons (Fsp3) is 0.571. The zero-order valence-corrected chi connectivity index (χ0v) is 13.3. The number of hydrogen-bond donors (Lipinski definition) is 1. The molecule has 4 nitrogen and oxygen atoms in total. The van der Waals surface area contributed by atoms with Crippen molar-refractivity contribution in [3.8, 4) is 0 Å². The van der Waals surface area contributed by atoms with E-state index < -0.39 is 10.0 Å². The molecule has 1 aromatic rings. The lowest BCUT2D eigenvalue weighted by molar-refractivity contribution is 0.423. The number of hydrogen-bond acceptors (Lipinski definition) is 3. The third-order valence-corrected chi connectivity index (χ3v) is 5.85. The van der Waals surface area contributed by atoms with Crippen LogP contribution in [0.3, 0.4) is 0 Å². The molecule has 0 aromatic heterocycles. The summed E-state index contributed by atoms with van der Waals surface area (Å²) in [5, 5.41) is 3.59. The minimum Gasteiger partial charge on any atom is -0.316 e. The first kappa shape index (κ1) is 15.8. The standard InChI is InChI=1S/C14H21ClN2O2S/c1-16-11-12-10-13(6-7-14(12)15)20(18,19)17-8-4-2-3-5-9-17/h6-7,10,16H,2-5,8-9,11H2,1H3. The highest BCUT2D eigenvalue weighted by atomic mass is 35.5. The van der Waals surface area contributed by atoms with Gasteiger partial charge < -0.3 is 5.32 Å². The lowest BCUT2D eigenvalue weighted by Crippen LogP contribution is -2.32. The fourth-order valence-electron chi connectivity index (χ4n) is 2.47. The number of halogens is 1. The van der Waals surface area contributed by atoms with Gasteiger partial charge in [0.25, 0.3) is 0 Å². The zero-order valence-electron chi connectivity index (χ0n) is 11.7. The van der Waals surface area contributed by atoms with Gasteiger partial charge in [-0.2, -0.15) is 4.31 Å². The Morgan fingerprint density at radius 1 is 1.20 bits per heavy atom. The molecule has 6 heteroatoms. The van der Waals surface area contributed by atoms with E-state index in [1.54, 1.807) is 22.5 Å². The Labute approximate surface area is 126 Å². The van der Waals surface area contributed by atoms with Crippen molar-refractivity contribution >= 4 is 21.6 Å². The summed E-state index contributed by atoms with van der Waals surface area (Å²) in [6.45, 7) is 1.79. The highest BCUT2D eigenvalue weighted by Crippen LogP contribution is 2.24. The molecular weight excluding hydrogens is 296 g/mol. The van der Waals surface area contributed by atoms with Crippen molar-refractivity contribution in [2.24, 2.45) is 0 Å². The second-order valence-corrected chi connectivity index (χ2v) is 7.45. The van der Waals surface area contributed by atoms with E-state index in [4.69, 9.17) is 11.6 Å². The molecule has 0 amide bonds. The average Bonchev–Trinajstić information content (AvgIpc) is 2.70. The molecule has 0 aliphatic carbocycles. The molecule has 1 heterocycles. The predicted octanol–water partition coefficient (Wildman–Crippen LogP) is 2.62. The Morgan fingerprint density at radius 2 is 1.85 bits per heavy atom. The van der Waals surface area contributed by atoms with E-state index in [-0.39, 0.29) is 0 Å². The highest BCUT2D eigenvalue weighted by Gasteiger charge is 2.25. The van der Waals surface area contributed by atoms with Crippen molar-refractivity contribution in [3.05, 3.63) is 28.8 Å². The maximum atomic E-state index is 12.7. The van der Waals surface area contributed by atoms with Gasteiger partial charge in [-0.25, -0.2) is 8.42 Å². The van der Waals surface area contributed by atoms with Crippen LogP contribution in [0.5, 0.6) is 0 Å². The van der Waals surface area contributed by atoms with Crippen molar-refractivity contribution in [2.75, 3.05) is 20.1 Å². The Morgan fingerprint density at radius 3 is 2.45 bits per heavy atom. The van der Waals surface area contributed by atoms with Crippen molar-refractivity contribution in [2.45, 2.75) is 37.1 Å². The van der Waals surface area contributed by atoms with Crippen molar-refractivity contribution in [3.63, 3.8) is 0 Å². The van der Waals surface area contributed by atoms with E-state index in [2.05, 4.69) is 5.32 Å². The molecule has 20 heavy (non-hydrogen) atoms. The molecule has 1 fully saturated rings. The maximum Gasteiger partial charge on any atom is 0.243 e. The molecule has 1 aliphatic heterocycles. The second kappa shape index (κ2) is 6.89. The lowest BCUT2D eigenvalue weighted by atomic mass is 10.2. The Kier molecular flexibility index (Phi) is 5.43. The molecule has 1 saturated heterocycles. The van der Waals surface area contributed by atoms with Crippen molar-refractivity contribution < 1.29 is 8.42 Å². The summed E-state index contributed by atoms with van der Waals surface area (Å²) in [7, 11) is -1.58. The lowest BCUT2D eigenvalue weighted by Gasteiger charge is -2.20. The van der Waals surface area contributed by atoms with Gasteiger partial charge in [0.1, 0.15) is 0 Å². The fourth-order valence-corrected chi connectivity index (χ4v) is 4.22. The zero-order chi connectivity index (χ0) is 14.6. The van der Waals surface area contributed by atoms with E-state index in [0.29, 0.717) is 29.6 Å². The molecule has 0 saturated carbocycles. The van der Waals surface area contributed by atoms with Gasteiger partial charge in [-0.05, 0) is 43.7 Å². The van der Waals surface area contributed by atoms with E-state index >= 15 is 0 Å². The van der Waals surface area contributed by atoms with Gasteiger partial charge in [-0.15, -0.1) is 0 Å². The number of nitrogens with zero attached hydrogens (tertiary/aromatic N) is 1. The van der Waals surface area contributed by atoms with Crippen LogP contribution in [-0.4, -0.2) is 32.9 Å². The maximum absolute atomic E-state index is 12.7. The Hall–Kier alpha value is -0.620. The first-order chi connectivity index (χ1) is 9.55. The molecule has 1 aliphatic rings. The average molecular weight is 317 g/mol. The number of sulfonamides is 1. The number of rotatable bonds is 4. The van der Waals surface area contributed by atoms with Crippen LogP contribution in [0.1, 0.15) is 31.2 Å². The van der Waals surface area contributed by atoms with Crippen LogP contribution < -0.4 is 5.32 Å². The number of benzene rings is 1. The minimum absolute atomic E-state index is 0.342. The van der Waals surface area contributed by atoms with Crippen LogP contribution in [0.4, 0.5) is 0 Å². The smallest absolute Gasteiger partial charge is 0.243 e. The van der Waals surface area contributed by atoms with Gasteiger partial charge in [-0.1, -0.05) is 24.4 Å². The molecule has 112 valence electrons. The first-order valence-electron chi connectivity index (χ1n) is 6.99. The first-order valence-corrected chi connectivity index (χ1v) is 8.80. The molecule has 2 rings (SSSR count). The molecule has 0 spiro atoms. The second-order valence-electron chi connectivity index (χ2n) is 5.10. The predicted molar refractivity (Wildman–Crippen MR) is 81.4 cm³/mol. The Bertz CT molecular complexity index is 552. The van der Waals surface area contributed by atoms with Crippen LogP contribution in [0.15, 0.2) is 23.1 Å². The summed E-state index contributed by atoms with van der Waals surface area (Å²) in [5.41, 5.74) is 0.810. The molecule has 0 radical (unpaired) electrons. The summed E-state index contributed by atoms with van der Waals surface area (Å²) in [6, 6.07) is 4.94. The van der Waals surface area contributed by atoms with Crippen LogP contribution in [0.25, 0.3) is 0 Å². The monoisotopic (exact) mass is 316 g/mol. The van der Waals surface area contributed by atoms with E-state index in [9.17, 15) is 8.42 Å². The third kappa shape index (κ3) is 3.52. The van der Waals surface area contributed by atoms with Gasteiger partial charge in [0.05, 0.1) is 4.90 Å². The van der Waals surface area contributed by atoms with Gasteiger partial charge in [0.15, 0.2) is 0 Å². The minimum atomic E-state index is -3.40. The molecule has 1 aromatic carbocycles. The van der Waals surface area contributed by atoms with Crippen LogP contribution in [0, 0.1) is 0 Å². The van der Waals surface area contributed by atoms with E-state index in [1.165, 1.54) is 0 Å². The quantitative estimate of drug-likeness (QED) is 0.929. The normalized spacial score (nSPS) is 17.9. The summed E-state index contributed by atoms with van der Waals surface area (Å²) >= 11 is 6.09. The van der Waals surface area contributed by atoms with Crippen molar-refractivity contribution in [1.82, 2.24) is 9.62 Å². The molecule has 1 N–H and O–H groups in total. The molecule has 0 bridgehead atoms. The van der Waals surface area contributed by atoms with Gasteiger partial charge in [-0.3, -0.25) is 0 Å².